The van der Waals surface area contributed by atoms with E-state index < -0.39 is 0 Å². The monoisotopic (exact) mass is 364 g/mol. The summed E-state index contributed by atoms with van der Waals surface area (Å²) in [6.45, 7) is 11.1. The fraction of sp³-hybridized carbons (Fsp3) is 0.409. The Hall–Kier alpha value is -2.69. The van der Waals surface area contributed by atoms with Crippen molar-refractivity contribution in [3.8, 4) is 0 Å². The second-order valence-electron chi connectivity index (χ2n) is 7.60. The molecule has 0 fully saturated rings. The van der Waals surface area contributed by atoms with Crippen molar-refractivity contribution >= 4 is 11.6 Å². The normalized spacial score (nSPS) is 11.3. The van der Waals surface area contributed by atoms with Gasteiger partial charge in [0.05, 0.1) is 6.20 Å². The maximum atomic E-state index is 12.5. The number of nitrogens with zero attached hydrogens (tertiary/aromatic N) is 3. The number of rotatable bonds is 6. The van der Waals surface area contributed by atoms with E-state index in [0.29, 0.717) is 23.7 Å². The Labute approximate surface area is 160 Å². The number of carbonyl (C=O) groups is 1. The minimum Gasteiger partial charge on any atom is -0.352 e. The summed E-state index contributed by atoms with van der Waals surface area (Å²) < 4.78 is 1.79. The third-order valence-corrected chi connectivity index (χ3v) is 5.09. The number of carbonyl (C=O) groups excluding carboxylic acids is 1. The molecule has 0 aliphatic carbocycles. The highest BCUT2D eigenvalue weighted by molar-refractivity contribution is 5.99. The highest BCUT2D eigenvalue weighted by Gasteiger charge is 2.18. The Bertz CT molecular complexity index is 972. The molecule has 2 aromatic heterocycles. The largest absolute Gasteiger partial charge is 0.352 e. The molecule has 1 amide bonds. The van der Waals surface area contributed by atoms with Crippen LogP contribution in [0.1, 0.15) is 58.7 Å². The van der Waals surface area contributed by atoms with Crippen molar-refractivity contribution in [1.82, 2.24) is 19.9 Å². The average molecular weight is 364 g/mol. The van der Waals surface area contributed by atoms with E-state index in [4.69, 9.17) is 4.98 Å². The van der Waals surface area contributed by atoms with Gasteiger partial charge in [0.15, 0.2) is 5.65 Å². The van der Waals surface area contributed by atoms with Crippen LogP contribution in [0, 0.1) is 26.7 Å². The molecule has 3 rings (SSSR count). The Kier molecular flexibility index (Phi) is 5.59. The minimum atomic E-state index is -0.108. The van der Waals surface area contributed by atoms with Crippen LogP contribution in [0.4, 0.5) is 0 Å². The first kappa shape index (κ1) is 19.1. The molecule has 0 spiro atoms. The Morgan fingerprint density at radius 2 is 1.93 bits per heavy atom. The highest BCUT2D eigenvalue weighted by Crippen LogP contribution is 2.21. The molecular weight excluding hydrogens is 336 g/mol. The summed E-state index contributed by atoms with van der Waals surface area (Å²) in [5.41, 5.74) is 6.84. The summed E-state index contributed by atoms with van der Waals surface area (Å²) in [5.74, 6) is 0.449. The topological polar surface area (TPSA) is 59.3 Å². The maximum absolute atomic E-state index is 12.5. The molecule has 0 unspecified atom stereocenters. The van der Waals surface area contributed by atoms with E-state index in [-0.39, 0.29) is 5.91 Å². The predicted octanol–water partition coefficient (Wildman–Crippen LogP) is 4.02. The molecule has 0 aliphatic rings. The molecule has 0 saturated heterocycles. The predicted molar refractivity (Wildman–Crippen MR) is 108 cm³/mol. The fourth-order valence-corrected chi connectivity index (χ4v) is 3.30. The zero-order valence-corrected chi connectivity index (χ0v) is 16.8. The number of nitrogens with one attached hydrogen (secondary N) is 1. The summed E-state index contributed by atoms with van der Waals surface area (Å²) in [6, 6.07) is 8.39. The lowest BCUT2D eigenvalue weighted by Crippen LogP contribution is -2.25. The zero-order chi connectivity index (χ0) is 19.6. The van der Waals surface area contributed by atoms with E-state index in [2.05, 4.69) is 55.5 Å². The van der Waals surface area contributed by atoms with E-state index in [1.165, 1.54) is 11.1 Å². The van der Waals surface area contributed by atoms with Gasteiger partial charge in [-0.2, -0.15) is 5.10 Å². The number of aromatic nitrogens is 3. The number of fused-ring (bicyclic) bond motifs is 1. The first-order valence-corrected chi connectivity index (χ1v) is 9.55. The quantitative estimate of drug-likeness (QED) is 0.719. The fourth-order valence-electron chi connectivity index (χ4n) is 3.30. The van der Waals surface area contributed by atoms with Gasteiger partial charge >= 0.3 is 0 Å². The molecule has 5 heteroatoms. The van der Waals surface area contributed by atoms with Crippen LogP contribution in [-0.2, 0) is 6.42 Å². The van der Waals surface area contributed by atoms with Crippen LogP contribution >= 0.6 is 0 Å². The molecule has 0 aliphatic heterocycles. The number of benzene rings is 1. The van der Waals surface area contributed by atoms with Crippen LogP contribution < -0.4 is 5.32 Å². The molecule has 1 aromatic carbocycles. The standard InChI is InChI=1S/C22H28N4O/c1-14(2)10-11-23-22(27)20-13-24-26-17(5)19(16(4)25-21(20)26)12-18-9-7-6-8-15(18)3/h6-9,13-14H,10-12H2,1-5H3,(H,23,27). The second-order valence-corrected chi connectivity index (χ2v) is 7.60. The summed E-state index contributed by atoms with van der Waals surface area (Å²) in [6.07, 6.45) is 3.39. The van der Waals surface area contributed by atoms with Crippen LogP contribution in [-0.4, -0.2) is 27.0 Å². The van der Waals surface area contributed by atoms with Gasteiger partial charge in [-0.25, -0.2) is 9.50 Å². The van der Waals surface area contributed by atoms with Crippen molar-refractivity contribution in [3.63, 3.8) is 0 Å². The number of aryl methyl sites for hydroxylation is 3. The minimum absolute atomic E-state index is 0.108. The summed E-state index contributed by atoms with van der Waals surface area (Å²) in [5, 5.41) is 7.42. The van der Waals surface area contributed by atoms with Gasteiger partial charge < -0.3 is 5.32 Å². The molecule has 0 radical (unpaired) electrons. The Morgan fingerprint density at radius 1 is 1.19 bits per heavy atom. The molecule has 2 heterocycles. The molecule has 0 atom stereocenters. The van der Waals surface area contributed by atoms with Crippen molar-refractivity contribution in [2.75, 3.05) is 6.54 Å². The van der Waals surface area contributed by atoms with Gasteiger partial charge in [0.25, 0.3) is 5.91 Å². The van der Waals surface area contributed by atoms with Gasteiger partial charge in [-0.3, -0.25) is 4.79 Å². The van der Waals surface area contributed by atoms with Crippen molar-refractivity contribution in [2.24, 2.45) is 5.92 Å². The summed E-state index contributed by atoms with van der Waals surface area (Å²) >= 11 is 0. The lowest BCUT2D eigenvalue weighted by Gasteiger charge is -2.13. The third-order valence-electron chi connectivity index (χ3n) is 5.09. The van der Waals surface area contributed by atoms with Crippen molar-refractivity contribution in [3.05, 3.63) is 64.1 Å². The lowest BCUT2D eigenvalue weighted by molar-refractivity contribution is 0.0953. The third kappa shape index (κ3) is 4.02. The molecule has 0 bridgehead atoms. The number of hydrogen-bond donors (Lipinski definition) is 1. The van der Waals surface area contributed by atoms with Crippen LogP contribution in [0.15, 0.2) is 30.5 Å². The first-order valence-electron chi connectivity index (χ1n) is 9.55. The Morgan fingerprint density at radius 3 is 2.63 bits per heavy atom. The van der Waals surface area contributed by atoms with Gasteiger partial charge in [-0.15, -0.1) is 0 Å². The smallest absolute Gasteiger partial charge is 0.256 e. The maximum Gasteiger partial charge on any atom is 0.256 e. The van der Waals surface area contributed by atoms with Gasteiger partial charge in [0, 0.05) is 24.4 Å². The van der Waals surface area contributed by atoms with E-state index >= 15 is 0 Å². The highest BCUT2D eigenvalue weighted by atomic mass is 16.1. The van der Waals surface area contributed by atoms with E-state index in [9.17, 15) is 4.79 Å². The van der Waals surface area contributed by atoms with Crippen molar-refractivity contribution in [2.45, 2.75) is 47.5 Å². The molecule has 3 aromatic rings. The van der Waals surface area contributed by atoms with E-state index in [0.717, 1.165) is 29.8 Å². The zero-order valence-electron chi connectivity index (χ0n) is 16.8. The van der Waals surface area contributed by atoms with Gasteiger partial charge in [-0.05, 0) is 49.8 Å². The summed E-state index contributed by atoms with van der Waals surface area (Å²) in [7, 11) is 0. The van der Waals surface area contributed by atoms with Gasteiger partial charge in [0.2, 0.25) is 0 Å². The average Bonchev–Trinajstić information content (AvgIpc) is 3.03. The van der Waals surface area contributed by atoms with Crippen LogP contribution in [0.3, 0.4) is 0 Å². The van der Waals surface area contributed by atoms with Crippen LogP contribution in [0.25, 0.3) is 5.65 Å². The molecule has 142 valence electrons. The van der Waals surface area contributed by atoms with E-state index in [1.807, 2.05) is 13.8 Å². The van der Waals surface area contributed by atoms with Crippen molar-refractivity contribution in [1.29, 1.82) is 0 Å². The Balaban J connectivity index is 1.92. The number of amides is 1. The number of hydrogen-bond acceptors (Lipinski definition) is 3. The molecule has 0 saturated carbocycles. The second kappa shape index (κ2) is 7.91. The van der Waals surface area contributed by atoms with Crippen molar-refractivity contribution < 1.29 is 4.79 Å². The molecular formula is C22H28N4O. The van der Waals surface area contributed by atoms with Crippen LogP contribution in [0.5, 0.6) is 0 Å². The van der Waals surface area contributed by atoms with Gasteiger partial charge in [-0.1, -0.05) is 38.1 Å². The summed E-state index contributed by atoms with van der Waals surface area (Å²) in [4.78, 5) is 17.3. The first-order chi connectivity index (χ1) is 12.9. The molecule has 5 nitrogen and oxygen atoms in total. The van der Waals surface area contributed by atoms with Crippen LogP contribution in [0.2, 0.25) is 0 Å². The SMILES string of the molecule is Cc1ccccc1Cc1c(C)nc2c(C(=O)NCCC(C)C)cnn2c1C. The van der Waals surface area contributed by atoms with E-state index in [1.54, 1.807) is 10.7 Å². The molecule has 27 heavy (non-hydrogen) atoms. The molecule has 1 N–H and O–H groups in total. The van der Waals surface area contributed by atoms with Gasteiger partial charge in [0.1, 0.15) is 5.56 Å². The lowest BCUT2D eigenvalue weighted by atomic mass is 9.99.